The van der Waals surface area contributed by atoms with Crippen LogP contribution in [0.15, 0.2) is 48.6 Å². The van der Waals surface area contributed by atoms with Gasteiger partial charge in [0.2, 0.25) is 5.91 Å². The molecule has 0 aromatic rings. The Morgan fingerprint density at radius 2 is 0.609 bits per heavy atom. The summed E-state index contributed by atoms with van der Waals surface area (Å²) in [6, 6.07) is -0.638. The highest BCUT2D eigenvalue weighted by atomic mass is 16.3. The Morgan fingerprint density at radius 1 is 0.348 bits per heavy atom. The van der Waals surface area contributed by atoms with Crippen LogP contribution in [0.5, 0.6) is 0 Å². The van der Waals surface area contributed by atoms with Crippen LogP contribution in [0.3, 0.4) is 0 Å². The zero-order chi connectivity index (χ0) is 49.9. The molecule has 0 fully saturated rings. The zero-order valence-corrected chi connectivity index (χ0v) is 46.8. The summed E-state index contributed by atoms with van der Waals surface area (Å²) in [5, 5.41) is 23.2. The Labute approximate surface area is 433 Å². The molecule has 4 nitrogen and oxygen atoms in total. The van der Waals surface area contributed by atoms with E-state index in [0.717, 1.165) is 38.5 Å². The Balaban J connectivity index is 3.41. The van der Waals surface area contributed by atoms with Crippen molar-refractivity contribution in [1.29, 1.82) is 0 Å². The standard InChI is InChI=1S/C65H123NO3/c1-3-5-7-9-11-13-15-17-19-21-23-24-25-26-27-28-29-30-31-32-33-34-35-36-37-38-39-40-41-42-43-45-47-49-51-53-55-57-59-61-65(69)66-63(62-67)64(68)60-58-56-54-52-50-48-46-44-22-20-18-16-14-12-10-8-6-4-2/h15,17,21,23,50,52,58,60,63-64,67-68H,3-14,16,18-20,22,24-49,51,53-57,59,61-62H2,1-2H3,(H,66,69)/b17-15-,23-21-,52-50+,60-58+. The van der Waals surface area contributed by atoms with Crippen LogP contribution in [-0.2, 0) is 4.79 Å². The van der Waals surface area contributed by atoms with E-state index in [1.54, 1.807) is 6.08 Å². The van der Waals surface area contributed by atoms with Crippen molar-refractivity contribution in [1.82, 2.24) is 5.32 Å². The molecular weight excluding hydrogens is 843 g/mol. The van der Waals surface area contributed by atoms with Gasteiger partial charge >= 0.3 is 0 Å². The maximum atomic E-state index is 12.5. The first kappa shape index (κ1) is 67.3. The van der Waals surface area contributed by atoms with E-state index in [2.05, 4.69) is 55.6 Å². The van der Waals surface area contributed by atoms with Crippen LogP contribution < -0.4 is 5.32 Å². The number of aliphatic hydroxyl groups excluding tert-OH is 2. The third-order valence-corrected chi connectivity index (χ3v) is 14.5. The molecule has 69 heavy (non-hydrogen) atoms. The highest BCUT2D eigenvalue weighted by Crippen LogP contribution is 2.18. The number of allylic oxidation sites excluding steroid dienone is 7. The fourth-order valence-corrected chi connectivity index (χ4v) is 9.76. The molecule has 0 bridgehead atoms. The third kappa shape index (κ3) is 57.1. The van der Waals surface area contributed by atoms with E-state index in [4.69, 9.17) is 0 Å². The molecule has 2 atom stereocenters. The number of hydrogen-bond donors (Lipinski definition) is 3. The van der Waals surface area contributed by atoms with Gasteiger partial charge < -0.3 is 15.5 Å². The summed E-state index contributed by atoms with van der Waals surface area (Å²) in [5.74, 6) is -0.0678. The predicted octanol–water partition coefficient (Wildman–Crippen LogP) is 21.0. The van der Waals surface area contributed by atoms with Crippen LogP contribution in [0.25, 0.3) is 0 Å². The van der Waals surface area contributed by atoms with Crippen LogP contribution in [0, 0.1) is 0 Å². The van der Waals surface area contributed by atoms with E-state index in [0.29, 0.717) is 6.42 Å². The number of aliphatic hydroxyl groups is 2. The third-order valence-electron chi connectivity index (χ3n) is 14.5. The minimum absolute atomic E-state index is 0.0678. The molecule has 0 aliphatic carbocycles. The molecule has 0 radical (unpaired) electrons. The van der Waals surface area contributed by atoms with Crippen molar-refractivity contribution in [2.45, 2.75) is 353 Å². The van der Waals surface area contributed by atoms with Gasteiger partial charge in [0.05, 0.1) is 18.8 Å². The van der Waals surface area contributed by atoms with Gasteiger partial charge in [-0.3, -0.25) is 4.79 Å². The molecule has 0 aromatic carbocycles. The van der Waals surface area contributed by atoms with Gasteiger partial charge in [-0.25, -0.2) is 0 Å². The van der Waals surface area contributed by atoms with Gasteiger partial charge in [0, 0.05) is 6.42 Å². The van der Waals surface area contributed by atoms with Crippen molar-refractivity contribution in [3.8, 4) is 0 Å². The summed E-state index contributed by atoms with van der Waals surface area (Å²) in [4.78, 5) is 12.5. The molecule has 0 rings (SSSR count). The van der Waals surface area contributed by atoms with E-state index in [-0.39, 0.29) is 12.5 Å². The van der Waals surface area contributed by atoms with Crippen LogP contribution >= 0.6 is 0 Å². The molecule has 3 N–H and O–H groups in total. The monoisotopic (exact) mass is 966 g/mol. The van der Waals surface area contributed by atoms with Crippen molar-refractivity contribution < 1.29 is 15.0 Å². The highest BCUT2D eigenvalue weighted by Gasteiger charge is 2.18. The molecule has 4 heteroatoms. The molecule has 0 aliphatic heterocycles. The molecule has 0 saturated carbocycles. The summed E-state index contributed by atoms with van der Waals surface area (Å²) in [6.45, 7) is 4.31. The summed E-state index contributed by atoms with van der Waals surface area (Å²) in [5.41, 5.74) is 0. The zero-order valence-electron chi connectivity index (χ0n) is 46.8. The quantitative estimate of drug-likeness (QED) is 0.0420. The fourth-order valence-electron chi connectivity index (χ4n) is 9.76. The molecule has 406 valence electrons. The number of carbonyl (C=O) groups excluding carboxylic acids is 1. The Hall–Kier alpha value is -1.65. The van der Waals surface area contributed by atoms with Crippen molar-refractivity contribution in [2.24, 2.45) is 0 Å². The van der Waals surface area contributed by atoms with Crippen LogP contribution in [0.4, 0.5) is 0 Å². The van der Waals surface area contributed by atoms with Gasteiger partial charge in [-0.2, -0.15) is 0 Å². The molecule has 0 spiro atoms. The summed E-state index contributed by atoms with van der Waals surface area (Å²) < 4.78 is 0. The number of carbonyl (C=O) groups is 1. The summed E-state index contributed by atoms with van der Waals surface area (Å²) >= 11 is 0. The topological polar surface area (TPSA) is 69.6 Å². The van der Waals surface area contributed by atoms with E-state index >= 15 is 0 Å². The van der Waals surface area contributed by atoms with Gasteiger partial charge in [0.1, 0.15) is 0 Å². The molecule has 2 unspecified atom stereocenters. The van der Waals surface area contributed by atoms with Gasteiger partial charge in [-0.1, -0.05) is 319 Å². The highest BCUT2D eigenvalue weighted by molar-refractivity contribution is 5.76. The maximum absolute atomic E-state index is 12.5. The van der Waals surface area contributed by atoms with Gasteiger partial charge in [-0.15, -0.1) is 0 Å². The van der Waals surface area contributed by atoms with Crippen LogP contribution in [-0.4, -0.2) is 34.9 Å². The van der Waals surface area contributed by atoms with Gasteiger partial charge in [0.15, 0.2) is 0 Å². The first-order valence-electron chi connectivity index (χ1n) is 31.4. The van der Waals surface area contributed by atoms with Crippen LogP contribution in [0.2, 0.25) is 0 Å². The molecule has 0 aliphatic rings. The lowest BCUT2D eigenvalue weighted by atomic mass is 10.0. The molecule has 1 amide bonds. The lowest BCUT2D eigenvalue weighted by Gasteiger charge is -2.19. The first-order chi connectivity index (χ1) is 34.2. The normalized spacial score (nSPS) is 13.0. The minimum Gasteiger partial charge on any atom is -0.394 e. The minimum atomic E-state index is -0.861. The Kier molecular flexibility index (Phi) is 59.2. The van der Waals surface area contributed by atoms with Gasteiger partial charge in [0.25, 0.3) is 0 Å². The average molecular weight is 967 g/mol. The largest absolute Gasteiger partial charge is 0.394 e. The lowest BCUT2D eigenvalue weighted by Crippen LogP contribution is -2.45. The summed E-state index contributed by atoms with van der Waals surface area (Å²) in [7, 11) is 0. The van der Waals surface area contributed by atoms with E-state index in [9.17, 15) is 15.0 Å². The molecule has 0 saturated heterocycles. The number of rotatable bonds is 58. The Morgan fingerprint density at radius 3 is 0.928 bits per heavy atom. The second-order valence-electron chi connectivity index (χ2n) is 21.5. The van der Waals surface area contributed by atoms with Crippen molar-refractivity contribution in [2.75, 3.05) is 6.61 Å². The van der Waals surface area contributed by atoms with E-state index in [1.165, 1.54) is 283 Å². The molecule has 0 aromatic heterocycles. The molecular formula is C65H123NO3. The number of hydrogen-bond acceptors (Lipinski definition) is 3. The number of nitrogens with one attached hydrogen (secondary N) is 1. The second-order valence-corrected chi connectivity index (χ2v) is 21.5. The SMILES string of the molecule is CCCCCCC/C=C\C/C=C\CCCCCCCCCCCCCCCCCCCCCCCCCCCCCC(=O)NC(CO)C(O)/C=C/CC/C=C/CCCCCCCCCCCCCC. The first-order valence-corrected chi connectivity index (χ1v) is 31.4. The maximum Gasteiger partial charge on any atom is 0.220 e. The van der Waals surface area contributed by atoms with Crippen molar-refractivity contribution >= 4 is 5.91 Å². The van der Waals surface area contributed by atoms with E-state index < -0.39 is 12.1 Å². The second kappa shape index (κ2) is 60.7. The fraction of sp³-hybridized carbons (Fsp3) is 0.862. The van der Waals surface area contributed by atoms with Crippen molar-refractivity contribution in [3.05, 3.63) is 48.6 Å². The number of unbranched alkanes of at least 4 members (excludes halogenated alkanes) is 45. The summed E-state index contributed by atoms with van der Waals surface area (Å²) in [6.07, 6.45) is 84.6. The smallest absolute Gasteiger partial charge is 0.220 e. The van der Waals surface area contributed by atoms with Crippen molar-refractivity contribution in [3.63, 3.8) is 0 Å². The number of amides is 1. The average Bonchev–Trinajstić information content (AvgIpc) is 3.35. The molecule has 0 heterocycles. The lowest BCUT2D eigenvalue weighted by molar-refractivity contribution is -0.123. The van der Waals surface area contributed by atoms with Gasteiger partial charge in [-0.05, 0) is 64.2 Å². The van der Waals surface area contributed by atoms with Crippen LogP contribution in [0.1, 0.15) is 341 Å². The predicted molar refractivity (Wildman–Crippen MR) is 308 cm³/mol. The van der Waals surface area contributed by atoms with E-state index in [1.807, 2.05) is 6.08 Å². The Bertz CT molecular complexity index is 1090.